The Morgan fingerprint density at radius 3 is 3.13 bits per heavy atom. The number of carbonyl (C=O) groups excluding carboxylic acids is 1. The number of rotatable bonds is 6. The van der Waals surface area contributed by atoms with Gasteiger partial charge in [-0.25, -0.2) is 9.37 Å². The van der Waals surface area contributed by atoms with Crippen molar-refractivity contribution in [1.29, 1.82) is 0 Å². The third kappa shape index (κ3) is 3.30. The highest BCUT2D eigenvalue weighted by Gasteiger charge is 2.54. The molecular weight excluding hydrogens is 303 g/mol. The van der Waals surface area contributed by atoms with Crippen molar-refractivity contribution in [2.24, 2.45) is 5.92 Å². The van der Waals surface area contributed by atoms with Crippen LogP contribution >= 0.6 is 0 Å². The molecule has 7 heteroatoms. The Hall–Kier alpha value is -1.73. The van der Waals surface area contributed by atoms with E-state index in [2.05, 4.69) is 4.98 Å². The zero-order valence-corrected chi connectivity index (χ0v) is 13.2. The average molecular weight is 324 g/mol. The number of carbonyl (C=O) groups is 1. The predicted molar refractivity (Wildman–Crippen MR) is 79.6 cm³/mol. The van der Waals surface area contributed by atoms with Gasteiger partial charge in [0.1, 0.15) is 12.2 Å². The lowest BCUT2D eigenvalue weighted by Crippen LogP contribution is -2.67. The first-order chi connectivity index (χ1) is 11.1. The average Bonchev–Trinajstić information content (AvgIpc) is 2.94. The maximum Gasteiger partial charge on any atom is 0.250 e. The van der Waals surface area contributed by atoms with Gasteiger partial charge in [-0.1, -0.05) is 0 Å². The molecule has 0 radical (unpaired) electrons. The van der Waals surface area contributed by atoms with E-state index in [1.807, 2.05) is 6.92 Å². The quantitative estimate of drug-likeness (QED) is 0.788. The summed E-state index contributed by atoms with van der Waals surface area (Å²) in [5.74, 6) is -0.357. The second-order valence-electron chi connectivity index (χ2n) is 5.89. The van der Waals surface area contributed by atoms with Crippen LogP contribution in [0.4, 0.5) is 4.39 Å². The van der Waals surface area contributed by atoms with Gasteiger partial charge in [0, 0.05) is 25.3 Å². The smallest absolute Gasteiger partial charge is 0.250 e. The predicted octanol–water partition coefficient (Wildman–Crippen LogP) is 1.25. The van der Waals surface area contributed by atoms with Crippen LogP contribution in [0.3, 0.4) is 0 Å². The molecule has 0 saturated carbocycles. The summed E-state index contributed by atoms with van der Waals surface area (Å²) in [6, 6.07) is 2.84. The van der Waals surface area contributed by atoms with E-state index in [4.69, 9.17) is 14.2 Å². The van der Waals surface area contributed by atoms with Crippen molar-refractivity contribution in [2.45, 2.75) is 18.9 Å². The van der Waals surface area contributed by atoms with Gasteiger partial charge in [-0.3, -0.25) is 4.79 Å². The zero-order chi connectivity index (χ0) is 16.3. The molecule has 1 aromatic rings. The fraction of sp³-hybridized carbons (Fsp3) is 0.625. The highest BCUT2D eigenvalue weighted by atomic mass is 19.1. The van der Waals surface area contributed by atoms with E-state index in [0.717, 1.165) is 6.42 Å². The lowest BCUT2D eigenvalue weighted by atomic mass is 9.81. The first-order valence-electron chi connectivity index (χ1n) is 7.87. The van der Waals surface area contributed by atoms with Crippen LogP contribution < -0.4 is 4.74 Å². The van der Waals surface area contributed by atoms with Crippen molar-refractivity contribution in [3.63, 3.8) is 0 Å². The van der Waals surface area contributed by atoms with Crippen LogP contribution in [0.15, 0.2) is 18.3 Å². The maximum atomic E-state index is 13.6. The van der Waals surface area contributed by atoms with Crippen LogP contribution in [-0.4, -0.2) is 60.9 Å². The molecule has 1 atom stereocenters. The molecule has 0 aromatic carbocycles. The van der Waals surface area contributed by atoms with Crippen LogP contribution in [0.2, 0.25) is 0 Å². The number of aromatic nitrogens is 1. The summed E-state index contributed by atoms with van der Waals surface area (Å²) in [7, 11) is 0. The molecule has 23 heavy (non-hydrogen) atoms. The van der Waals surface area contributed by atoms with E-state index in [9.17, 15) is 9.18 Å². The minimum Gasteiger partial charge on any atom is -0.475 e. The molecule has 2 saturated heterocycles. The monoisotopic (exact) mass is 324 g/mol. The van der Waals surface area contributed by atoms with Gasteiger partial charge >= 0.3 is 0 Å². The minimum atomic E-state index is -0.470. The van der Waals surface area contributed by atoms with Gasteiger partial charge in [-0.15, -0.1) is 0 Å². The summed E-state index contributed by atoms with van der Waals surface area (Å²) >= 11 is 0. The molecule has 2 fully saturated rings. The molecule has 3 heterocycles. The lowest BCUT2D eigenvalue weighted by Gasteiger charge is -2.50. The maximum absolute atomic E-state index is 13.6. The van der Waals surface area contributed by atoms with Crippen molar-refractivity contribution in [3.8, 4) is 5.88 Å². The van der Waals surface area contributed by atoms with E-state index in [-0.39, 0.29) is 29.9 Å². The topological polar surface area (TPSA) is 60.9 Å². The SMILES string of the molecule is CCOCC(=O)N1CC2(C1)OCC[C@@H]2COc1ncccc1F. The molecule has 1 spiro atoms. The van der Waals surface area contributed by atoms with Gasteiger partial charge in [0.25, 0.3) is 0 Å². The van der Waals surface area contributed by atoms with Gasteiger partial charge < -0.3 is 19.1 Å². The zero-order valence-electron chi connectivity index (χ0n) is 13.2. The normalized spacial score (nSPS) is 22.2. The number of pyridine rings is 1. The Morgan fingerprint density at radius 2 is 2.39 bits per heavy atom. The van der Waals surface area contributed by atoms with E-state index in [1.165, 1.54) is 18.3 Å². The molecule has 1 aromatic heterocycles. The standard InChI is InChI=1S/C16H21FN2O4/c1-2-21-9-14(20)19-10-16(11-19)12(5-7-23-16)8-22-15-13(17)4-3-6-18-15/h3-4,6,12H,2,5,7-11H2,1H3/t12-/m1/s1. The van der Waals surface area contributed by atoms with Crippen LogP contribution in [0.25, 0.3) is 0 Å². The number of amides is 1. The second kappa shape index (κ2) is 6.80. The summed E-state index contributed by atoms with van der Waals surface area (Å²) in [5, 5.41) is 0. The van der Waals surface area contributed by atoms with E-state index in [0.29, 0.717) is 32.9 Å². The third-order valence-electron chi connectivity index (χ3n) is 4.45. The molecule has 0 aliphatic carbocycles. The van der Waals surface area contributed by atoms with Gasteiger partial charge in [-0.2, -0.15) is 0 Å². The van der Waals surface area contributed by atoms with Crippen molar-refractivity contribution < 1.29 is 23.4 Å². The van der Waals surface area contributed by atoms with Crippen molar-refractivity contribution >= 4 is 5.91 Å². The summed E-state index contributed by atoms with van der Waals surface area (Å²) in [6.45, 7) is 4.53. The molecule has 6 nitrogen and oxygen atoms in total. The Morgan fingerprint density at radius 1 is 1.57 bits per heavy atom. The minimum absolute atomic E-state index is 0.0122. The number of hydrogen-bond donors (Lipinski definition) is 0. The molecule has 0 unspecified atom stereocenters. The molecule has 2 aliphatic rings. The van der Waals surface area contributed by atoms with E-state index >= 15 is 0 Å². The number of hydrogen-bond acceptors (Lipinski definition) is 5. The fourth-order valence-electron chi connectivity index (χ4n) is 3.08. The molecule has 2 aliphatic heterocycles. The van der Waals surface area contributed by atoms with Crippen LogP contribution in [0.1, 0.15) is 13.3 Å². The fourth-order valence-corrected chi connectivity index (χ4v) is 3.08. The molecule has 3 rings (SSSR count). The Labute approximate surface area is 134 Å². The second-order valence-corrected chi connectivity index (χ2v) is 5.89. The Bertz CT molecular complexity index is 563. The van der Waals surface area contributed by atoms with Gasteiger partial charge in [0.05, 0.1) is 19.7 Å². The van der Waals surface area contributed by atoms with Crippen LogP contribution in [0.5, 0.6) is 5.88 Å². The number of likely N-dealkylation sites (tertiary alicyclic amines) is 1. The Balaban J connectivity index is 1.53. The molecule has 1 amide bonds. The van der Waals surface area contributed by atoms with Crippen molar-refractivity contribution in [3.05, 3.63) is 24.1 Å². The van der Waals surface area contributed by atoms with Gasteiger partial charge in [0.15, 0.2) is 5.82 Å². The van der Waals surface area contributed by atoms with Crippen LogP contribution in [0, 0.1) is 11.7 Å². The molecule has 126 valence electrons. The summed E-state index contributed by atoms with van der Waals surface area (Å²) < 4.78 is 30.1. The Kier molecular flexibility index (Phi) is 4.77. The highest BCUT2D eigenvalue weighted by Crippen LogP contribution is 2.40. The van der Waals surface area contributed by atoms with Crippen LogP contribution in [-0.2, 0) is 14.3 Å². The molecular formula is C16H21FN2O4. The first-order valence-corrected chi connectivity index (χ1v) is 7.87. The summed E-state index contributed by atoms with van der Waals surface area (Å²) in [4.78, 5) is 17.5. The third-order valence-corrected chi connectivity index (χ3v) is 4.45. The van der Waals surface area contributed by atoms with E-state index < -0.39 is 5.82 Å². The van der Waals surface area contributed by atoms with Crippen molar-refractivity contribution in [2.75, 3.05) is 39.5 Å². The number of halogens is 1. The molecule has 0 N–H and O–H groups in total. The summed E-state index contributed by atoms with van der Waals surface area (Å²) in [6.07, 6.45) is 2.33. The number of ether oxygens (including phenoxy) is 3. The largest absolute Gasteiger partial charge is 0.475 e. The van der Waals surface area contributed by atoms with Gasteiger partial charge in [-0.05, 0) is 25.5 Å². The summed E-state index contributed by atoms with van der Waals surface area (Å²) in [5.41, 5.74) is -0.368. The van der Waals surface area contributed by atoms with E-state index in [1.54, 1.807) is 4.90 Å². The number of nitrogens with zero attached hydrogens (tertiary/aromatic N) is 2. The van der Waals surface area contributed by atoms with Crippen molar-refractivity contribution in [1.82, 2.24) is 9.88 Å². The van der Waals surface area contributed by atoms with Gasteiger partial charge in [0.2, 0.25) is 11.8 Å². The molecule has 0 bridgehead atoms. The highest BCUT2D eigenvalue weighted by molar-refractivity contribution is 5.78. The first kappa shape index (κ1) is 16.1. The lowest BCUT2D eigenvalue weighted by molar-refractivity contribution is -0.170.